The summed E-state index contributed by atoms with van der Waals surface area (Å²) >= 11 is 0. The third-order valence-electron chi connectivity index (χ3n) is 4.77. The summed E-state index contributed by atoms with van der Waals surface area (Å²) in [6, 6.07) is 11.0. The maximum absolute atomic E-state index is 12.8. The maximum Gasteiger partial charge on any atom is 0.225 e. The fraction of sp³-hybridized carbons (Fsp3) is 0.632. The quantitative estimate of drug-likeness (QED) is 0.807. The molecule has 1 aliphatic rings. The minimum atomic E-state index is 0.0299. The number of piperazine rings is 1. The van der Waals surface area contributed by atoms with Crippen molar-refractivity contribution < 1.29 is 9.53 Å². The Labute approximate surface area is 140 Å². The molecule has 0 N–H and O–H groups in total. The van der Waals surface area contributed by atoms with Crippen molar-refractivity contribution in [2.24, 2.45) is 5.92 Å². The van der Waals surface area contributed by atoms with Gasteiger partial charge in [-0.2, -0.15) is 0 Å². The van der Waals surface area contributed by atoms with E-state index in [4.69, 9.17) is 4.74 Å². The number of methoxy groups -OCH3 is 1. The Hall–Kier alpha value is -1.39. The summed E-state index contributed by atoms with van der Waals surface area (Å²) in [5, 5.41) is 0. The van der Waals surface area contributed by atoms with Crippen molar-refractivity contribution in [3.05, 3.63) is 35.9 Å². The van der Waals surface area contributed by atoms with Gasteiger partial charge in [0.15, 0.2) is 0 Å². The smallest absolute Gasteiger partial charge is 0.225 e. The zero-order chi connectivity index (χ0) is 16.8. The third-order valence-corrected chi connectivity index (χ3v) is 4.77. The summed E-state index contributed by atoms with van der Waals surface area (Å²) in [4.78, 5) is 17.3. The van der Waals surface area contributed by atoms with Crippen molar-refractivity contribution in [2.75, 3.05) is 33.4 Å². The van der Waals surface area contributed by atoms with Crippen LogP contribution in [0.3, 0.4) is 0 Å². The molecule has 23 heavy (non-hydrogen) atoms. The Kier molecular flexibility index (Phi) is 6.60. The number of ether oxygens (including phenoxy) is 1. The molecule has 1 aromatic carbocycles. The van der Waals surface area contributed by atoms with Crippen molar-refractivity contribution >= 4 is 5.91 Å². The number of carbonyl (C=O) groups is 1. The molecule has 4 nitrogen and oxygen atoms in total. The van der Waals surface area contributed by atoms with Gasteiger partial charge in [0.1, 0.15) is 0 Å². The van der Waals surface area contributed by atoms with Gasteiger partial charge in [-0.1, -0.05) is 37.3 Å². The van der Waals surface area contributed by atoms with Gasteiger partial charge in [0.05, 0.1) is 6.61 Å². The maximum atomic E-state index is 12.8. The van der Waals surface area contributed by atoms with Crippen LogP contribution in [0.5, 0.6) is 0 Å². The predicted molar refractivity (Wildman–Crippen MR) is 93.4 cm³/mol. The summed E-state index contributed by atoms with van der Waals surface area (Å²) in [5.74, 6) is 0.307. The summed E-state index contributed by atoms with van der Waals surface area (Å²) in [6.45, 7) is 9.74. The standard InChI is InChI=1S/C19H30N2O2/c1-15(12-18-8-6-5-7-9-18)19(22)20-13-16(2)21(10-11-23-4)17(3)14-20/h5-9,15-17H,10-14H2,1-4H3. The van der Waals surface area contributed by atoms with E-state index in [1.54, 1.807) is 7.11 Å². The molecule has 0 bridgehead atoms. The van der Waals surface area contributed by atoms with Gasteiger partial charge < -0.3 is 9.64 Å². The highest BCUT2D eigenvalue weighted by Gasteiger charge is 2.32. The lowest BCUT2D eigenvalue weighted by molar-refractivity contribution is -0.139. The van der Waals surface area contributed by atoms with Gasteiger partial charge in [0.2, 0.25) is 5.91 Å². The van der Waals surface area contributed by atoms with Gasteiger partial charge in [-0.15, -0.1) is 0 Å². The number of amides is 1. The molecule has 0 radical (unpaired) electrons. The number of nitrogens with zero attached hydrogens (tertiary/aromatic N) is 2. The highest BCUT2D eigenvalue weighted by molar-refractivity contribution is 5.79. The van der Waals surface area contributed by atoms with E-state index in [0.29, 0.717) is 12.1 Å². The number of carbonyl (C=O) groups excluding carboxylic acids is 1. The van der Waals surface area contributed by atoms with Crippen LogP contribution in [0, 0.1) is 5.92 Å². The Bertz CT molecular complexity index is 479. The van der Waals surface area contributed by atoms with Crippen molar-refractivity contribution in [2.45, 2.75) is 39.3 Å². The molecule has 1 heterocycles. The molecule has 0 saturated carbocycles. The molecular weight excluding hydrogens is 288 g/mol. The Morgan fingerprint density at radius 3 is 2.39 bits per heavy atom. The molecule has 3 atom stereocenters. The van der Waals surface area contributed by atoms with Crippen molar-refractivity contribution in [3.8, 4) is 0 Å². The Morgan fingerprint density at radius 2 is 1.83 bits per heavy atom. The Balaban J connectivity index is 1.92. The van der Waals surface area contributed by atoms with E-state index in [2.05, 4.69) is 30.9 Å². The lowest BCUT2D eigenvalue weighted by Gasteiger charge is -2.45. The molecule has 2 rings (SSSR count). The molecule has 1 amide bonds. The van der Waals surface area contributed by atoms with Crippen LogP contribution >= 0.6 is 0 Å². The first kappa shape index (κ1) is 18.0. The van der Waals surface area contributed by atoms with E-state index in [0.717, 1.165) is 32.7 Å². The van der Waals surface area contributed by atoms with E-state index < -0.39 is 0 Å². The number of benzene rings is 1. The van der Waals surface area contributed by atoms with Gasteiger partial charge >= 0.3 is 0 Å². The molecule has 1 aromatic rings. The highest BCUT2D eigenvalue weighted by Crippen LogP contribution is 2.19. The van der Waals surface area contributed by atoms with Crippen LogP contribution in [0.4, 0.5) is 0 Å². The van der Waals surface area contributed by atoms with Gasteiger partial charge in [0.25, 0.3) is 0 Å². The Morgan fingerprint density at radius 1 is 1.22 bits per heavy atom. The van der Waals surface area contributed by atoms with E-state index in [1.807, 2.05) is 30.0 Å². The number of rotatable bonds is 6. The molecule has 1 aliphatic heterocycles. The number of hydrogen-bond acceptors (Lipinski definition) is 3. The topological polar surface area (TPSA) is 32.8 Å². The van der Waals surface area contributed by atoms with Crippen LogP contribution in [0.25, 0.3) is 0 Å². The zero-order valence-electron chi connectivity index (χ0n) is 14.9. The lowest BCUT2D eigenvalue weighted by Crippen LogP contribution is -2.59. The third kappa shape index (κ3) is 4.79. The summed E-state index contributed by atoms with van der Waals surface area (Å²) in [7, 11) is 1.74. The van der Waals surface area contributed by atoms with Crippen LogP contribution in [0.15, 0.2) is 30.3 Å². The van der Waals surface area contributed by atoms with E-state index in [1.165, 1.54) is 5.56 Å². The first-order valence-electron chi connectivity index (χ1n) is 8.60. The predicted octanol–water partition coefficient (Wildman–Crippen LogP) is 2.43. The molecule has 1 saturated heterocycles. The summed E-state index contributed by atoms with van der Waals surface area (Å²) < 4.78 is 5.20. The molecule has 4 heteroatoms. The first-order valence-corrected chi connectivity index (χ1v) is 8.60. The second-order valence-corrected chi connectivity index (χ2v) is 6.76. The van der Waals surface area contributed by atoms with E-state index in [-0.39, 0.29) is 11.8 Å². The van der Waals surface area contributed by atoms with Gasteiger partial charge in [-0.25, -0.2) is 0 Å². The van der Waals surface area contributed by atoms with Crippen LogP contribution in [-0.4, -0.2) is 61.1 Å². The fourth-order valence-corrected chi connectivity index (χ4v) is 3.54. The lowest BCUT2D eigenvalue weighted by atomic mass is 9.98. The fourth-order valence-electron chi connectivity index (χ4n) is 3.54. The van der Waals surface area contributed by atoms with Crippen LogP contribution in [0.1, 0.15) is 26.3 Å². The molecule has 0 spiro atoms. The normalized spacial score (nSPS) is 23.7. The zero-order valence-corrected chi connectivity index (χ0v) is 14.9. The molecule has 0 aromatic heterocycles. The molecule has 3 unspecified atom stereocenters. The molecular formula is C19H30N2O2. The van der Waals surface area contributed by atoms with Crippen LogP contribution in [-0.2, 0) is 16.0 Å². The summed E-state index contributed by atoms with van der Waals surface area (Å²) in [6.07, 6.45) is 0.812. The van der Waals surface area contributed by atoms with E-state index in [9.17, 15) is 4.79 Å². The SMILES string of the molecule is COCCN1C(C)CN(C(=O)C(C)Cc2ccccc2)CC1C. The average Bonchev–Trinajstić information content (AvgIpc) is 2.54. The minimum Gasteiger partial charge on any atom is -0.383 e. The van der Waals surface area contributed by atoms with Crippen LogP contribution in [0.2, 0.25) is 0 Å². The number of hydrogen-bond donors (Lipinski definition) is 0. The molecule has 128 valence electrons. The molecule has 0 aliphatic carbocycles. The van der Waals surface area contributed by atoms with Crippen LogP contribution < -0.4 is 0 Å². The first-order chi connectivity index (χ1) is 11.0. The monoisotopic (exact) mass is 318 g/mol. The van der Waals surface area contributed by atoms with Crippen molar-refractivity contribution in [1.82, 2.24) is 9.80 Å². The van der Waals surface area contributed by atoms with Gasteiger partial charge in [-0.3, -0.25) is 9.69 Å². The van der Waals surface area contributed by atoms with Gasteiger partial charge in [-0.05, 0) is 25.8 Å². The second kappa shape index (κ2) is 8.46. The van der Waals surface area contributed by atoms with E-state index >= 15 is 0 Å². The molecule has 1 fully saturated rings. The van der Waals surface area contributed by atoms with Crippen molar-refractivity contribution in [1.29, 1.82) is 0 Å². The highest BCUT2D eigenvalue weighted by atomic mass is 16.5. The van der Waals surface area contributed by atoms with Gasteiger partial charge in [0, 0.05) is 44.7 Å². The second-order valence-electron chi connectivity index (χ2n) is 6.76. The average molecular weight is 318 g/mol. The largest absolute Gasteiger partial charge is 0.383 e. The van der Waals surface area contributed by atoms with Crippen molar-refractivity contribution in [3.63, 3.8) is 0 Å². The minimum absolute atomic E-state index is 0.0299. The summed E-state index contributed by atoms with van der Waals surface area (Å²) in [5.41, 5.74) is 1.23.